The van der Waals surface area contributed by atoms with Gasteiger partial charge < -0.3 is 4.74 Å². The lowest BCUT2D eigenvalue weighted by molar-refractivity contribution is -0.170. The molecule has 1 aliphatic heterocycles. The first-order chi connectivity index (χ1) is 7.00. The Labute approximate surface area is 91.3 Å². The third-order valence-electron chi connectivity index (χ3n) is 2.86. The second-order valence-corrected chi connectivity index (χ2v) is 10.5. The number of carbonyl (C=O) groups is 1. The third kappa shape index (κ3) is 1.84. The summed E-state index contributed by atoms with van der Waals surface area (Å²) in [4.78, 5) is 11.5. The molecule has 1 heterocycles. The normalized spacial score (nSPS) is 25.7. The Balaban J connectivity index is 2.23. The fraction of sp³-hybridized carbons (Fsp3) is 0.417. The van der Waals surface area contributed by atoms with Crippen LogP contribution in [0.25, 0.3) is 0 Å². The molecule has 15 heavy (non-hydrogen) atoms. The molecule has 0 saturated carbocycles. The van der Waals surface area contributed by atoms with Gasteiger partial charge in [0, 0.05) is 0 Å². The fourth-order valence-corrected chi connectivity index (χ4v) is 3.97. The van der Waals surface area contributed by atoms with Gasteiger partial charge in [-0.15, -0.1) is 0 Å². The Morgan fingerprint density at radius 3 is 2.20 bits per heavy atom. The Hall–Kier alpha value is -1.09. The Morgan fingerprint density at radius 2 is 1.73 bits per heavy atom. The fourth-order valence-electron chi connectivity index (χ4n) is 2.03. The maximum absolute atomic E-state index is 11.5. The number of rotatable bonds is 2. The maximum Gasteiger partial charge on any atom is 0.310 e. The molecule has 0 amide bonds. The van der Waals surface area contributed by atoms with Gasteiger partial charge in [-0.1, -0.05) is 50.0 Å². The van der Waals surface area contributed by atoms with E-state index in [0.717, 1.165) is 5.56 Å². The SMILES string of the molecule is C[Si](C)(C)[C@H]1C(=O)O[C@H]1c1ccccc1. The van der Waals surface area contributed by atoms with E-state index < -0.39 is 8.07 Å². The van der Waals surface area contributed by atoms with Crippen LogP contribution in [0.1, 0.15) is 11.7 Å². The molecule has 1 saturated heterocycles. The van der Waals surface area contributed by atoms with Crippen LogP contribution in [-0.4, -0.2) is 14.0 Å². The van der Waals surface area contributed by atoms with E-state index in [-0.39, 0.29) is 17.6 Å². The molecule has 80 valence electrons. The second-order valence-electron chi connectivity index (χ2n) is 5.11. The van der Waals surface area contributed by atoms with Crippen LogP contribution in [0.2, 0.25) is 25.2 Å². The van der Waals surface area contributed by atoms with Gasteiger partial charge in [-0.3, -0.25) is 4.79 Å². The van der Waals surface area contributed by atoms with E-state index in [9.17, 15) is 4.79 Å². The van der Waals surface area contributed by atoms with Crippen LogP contribution >= 0.6 is 0 Å². The van der Waals surface area contributed by atoms with E-state index in [0.29, 0.717) is 0 Å². The van der Waals surface area contributed by atoms with Crippen LogP contribution in [0, 0.1) is 0 Å². The highest BCUT2D eigenvalue weighted by Gasteiger charge is 2.50. The van der Waals surface area contributed by atoms with Crippen molar-refractivity contribution < 1.29 is 9.53 Å². The van der Waals surface area contributed by atoms with E-state index in [1.165, 1.54) is 0 Å². The van der Waals surface area contributed by atoms with Crippen molar-refractivity contribution >= 4 is 14.0 Å². The molecule has 0 unspecified atom stereocenters. The number of hydrogen-bond acceptors (Lipinski definition) is 2. The van der Waals surface area contributed by atoms with Gasteiger partial charge in [0.15, 0.2) is 0 Å². The zero-order valence-corrected chi connectivity index (χ0v) is 10.4. The van der Waals surface area contributed by atoms with Gasteiger partial charge in [0.05, 0.1) is 13.6 Å². The lowest BCUT2D eigenvalue weighted by Crippen LogP contribution is -2.47. The largest absolute Gasteiger partial charge is 0.457 e. The summed E-state index contributed by atoms with van der Waals surface area (Å²) in [5.41, 5.74) is 1.25. The number of esters is 1. The zero-order chi connectivity index (χ0) is 11.1. The summed E-state index contributed by atoms with van der Waals surface area (Å²) in [5.74, 6) is -0.0111. The van der Waals surface area contributed by atoms with Crippen molar-refractivity contribution in [3.63, 3.8) is 0 Å². The van der Waals surface area contributed by atoms with E-state index in [1.807, 2.05) is 30.3 Å². The van der Waals surface area contributed by atoms with Crippen LogP contribution in [0.4, 0.5) is 0 Å². The summed E-state index contributed by atoms with van der Waals surface area (Å²) in [7, 11) is -1.46. The molecule has 0 aliphatic carbocycles. The average Bonchev–Trinajstić information content (AvgIpc) is 2.12. The van der Waals surface area contributed by atoms with Crippen molar-refractivity contribution in [1.29, 1.82) is 0 Å². The second kappa shape index (κ2) is 3.49. The maximum atomic E-state index is 11.5. The molecule has 0 spiro atoms. The number of ether oxygens (including phenoxy) is 1. The van der Waals surface area contributed by atoms with Crippen LogP contribution in [-0.2, 0) is 9.53 Å². The molecule has 2 rings (SSSR count). The Bertz CT molecular complexity index is 367. The first kappa shape index (κ1) is 10.4. The summed E-state index contributed by atoms with van der Waals surface area (Å²) in [6, 6.07) is 10.0. The van der Waals surface area contributed by atoms with Gasteiger partial charge in [-0.05, 0) is 5.56 Å². The highest BCUT2D eigenvalue weighted by molar-refractivity contribution is 6.81. The van der Waals surface area contributed by atoms with Crippen molar-refractivity contribution in [3.8, 4) is 0 Å². The van der Waals surface area contributed by atoms with Crippen molar-refractivity contribution in [2.24, 2.45) is 0 Å². The lowest BCUT2D eigenvalue weighted by Gasteiger charge is -2.42. The van der Waals surface area contributed by atoms with Gasteiger partial charge in [-0.25, -0.2) is 0 Å². The quantitative estimate of drug-likeness (QED) is 0.566. The van der Waals surface area contributed by atoms with E-state index in [2.05, 4.69) is 19.6 Å². The molecular weight excluding hydrogens is 204 g/mol. The molecule has 1 aromatic rings. The van der Waals surface area contributed by atoms with Crippen LogP contribution in [0.3, 0.4) is 0 Å². The number of carbonyl (C=O) groups excluding carboxylic acids is 1. The minimum absolute atomic E-state index is 0.00497. The van der Waals surface area contributed by atoms with Gasteiger partial charge in [0.1, 0.15) is 6.10 Å². The predicted molar refractivity (Wildman–Crippen MR) is 62.4 cm³/mol. The zero-order valence-electron chi connectivity index (χ0n) is 9.36. The predicted octanol–water partition coefficient (Wildman–Crippen LogP) is 2.99. The van der Waals surface area contributed by atoms with Gasteiger partial charge in [0.25, 0.3) is 0 Å². The van der Waals surface area contributed by atoms with Crippen LogP contribution in [0.15, 0.2) is 30.3 Å². The van der Waals surface area contributed by atoms with E-state index in [4.69, 9.17) is 4.74 Å². The summed E-state index contributed by atoms with van der Waals surface area (Å²) < 4.78 is 5.26. The number of benzene rings is 1. The topological polar surface area (TPSA) is 26.3 Å². The Morgan fingerprint density at radius 1 is 1.13 bits per heavy atom. The molecule has 0 N–H and O–H groups in total. The highest BCUT2D eigenvalue weighted by atomic mass is 28.3. The first-order valence-corrected chi connectivity index (χ1v) is 8.83. The molecule has 2 nitrogen and oxygen atoms in total. The van der Waals surface area contributed by atoms with Gasteiger partial charge in [-0.2, -0.15) is 0 Å². The van der Waals surface area contributed by atoms with Gasteiger partial charge >= 0.3 is 5.97 Å². The lowest BCUT2D eigenvalue weighted by atomic mass is 10.0. The van der Waals surface area contributed by atoms with Crippen molar-refractivity contribution in [2.75, 3.05) is 0 Å². The molecule has 0 radical (unpaired) electrons. The van der Waals surface area contributed by atoms with Crippen molar-refractivity contribution in [1.82, 2.24) is 0 Å². The summed E-state index contributed by atoms with van der Waals surface area (Å²) in [5, 5.41) is 0. The number of hydrogen-bond donors (Lipinski definition) is 0. The molecule has 1 aliphatic rings. The molecule has 0 aromatic heterocycles. The number of cyclic esters (lactones) is 1. The standard InChI is InChI=1S/C12H16O2Si/c1-15(2,3)11-10(14-12(11)13)9-7-5-4-6-8-9/h4-8,10-11H,1-3H3/t10-,11+/m0/s1. The van der Waals surface area contributed by atoms with E-state index in [1.54, 1.807) is 0 Å². The third-order valence-corrected chi connectivity index (χ3v) is 5.27. The Kier molecular flexibility index (Phi) is 2.42. The monoisotopic (exact) mass is 220 g/mol. The molecule has 0 bridgehead atoms. The van der Waals surface area contributed by atoms with Crippen molar-refractivity contribution in [3.05, 3.63) is 35.9 Å². The minimum atomic E-state index is -1.46. The molecule has 1 aromatic carbocycles. The molecule has 2 atom stereocenters. The first-order valence-electron chi connectivity index (χ1n) is 5.25. The highest BCUT2D eigenvalue weighted by Crippen LogP contribution is 2.47. The van der Waals surface area contributed by atoms with E-state index >= 15 is 0 Å². The molecular formula is C12H16O2Si. The van der Waals surface area contributed by atoms with Gasteiger partial charge in [0.2, 0.25) is 0 Å². The summed E-state index contributed by atoms with van der Waals surface area (Å²) in [6.45, 7) is 6.65. The average molecular weight is 220 g/mol. The summed E-state index contributed by atoms with van der Waals surface area (Å²) in [6.07, 6.45) is 0.00497. The minimum Gasteiger partial charge on any atom is -0.457 e. The smallest absolute Gasteiger partial charge is 0.310 e. The molecule has 1 fully saturated rings. The molecule has 3 heteroatoms. The van der Waals surface area contributed by atoms with Crippen molar-refractivity contribution in [2.45, 2.75) is 31.3 Å². The summed E-state index contributed by atoms with van der Waals surface area (Å²) >= 11 is 0. The van der Waals surface area contributed by atoms with Crippen LogP contribution < -0.4 is 0 Å². The van der Waals surface area contributed by atoms with Crippen LogP contribution in [0.5, 0.6) is 0 Å².